The van der Waals surface area contributed by atoms with E-state index in [0.717, 1.165) is 21.7 Å². The van der Waals surface area contributed by atoms with E-state index in [1.165, 1.54) is 5.56 Å². The first-order valence-corrected chi connectivity index (χ1v) is 8.49. The van der Waals surface area contributed by atoms with Crippen LogP contribution in [0.1, 0.15) is 24.2 Å². The zero-order valence-corrected chi connectivity index (χ0v) is 14.5. The van der Waals surface area contributed by atoms with E-state index in [1.54, 1.807) is 18.9 Å². The number of benzene rings is 1. The van der Waals surface area contributed by atoms with Crippen LogP contribution in [0.5, 0.6) is 5.75 Å². The minimum absolute atomic E-state index is 0.0776. The molecule has 1 aromatic heterocycles. The Morgan fingerprint density at radius 2 is 1.95 bits per heavy atom. The number of methoxy groups -OCH3 is 1. The molecule has 0 aliphatic rings. The molecule has 2 atom stereocenters. The van der Waals surface area contributed by atoms with Crippen molar-refractivity contribution >= 4 is 27.7 Å². The standard InChI is InChI=1S/C16H19BrN2OS/c1-3-14(18)16(11-4-7-13(20-2)8-5-11)21-15-9-6-12(17)10-19-15/h4-10,14,16H,3,18H2,1-2H3. The lowest BCUT2D eigenvalue weighted by Crippen LogP contribution is -2.25. The molecule has 2 N–H and O–H groups in total. The van der Waals surface area contributed by atoms with E-state index in [4.69, 9.17) is 10.5 Å². The zero-order valence-electron chi connectivity index (χ0n) is 12.1. The molecule has 0 spiro atoms. The van der Waals surface area contributed by atoms with Crippen LogP contribution < -0.4 is 10.5 Å². The van der Waals surface area contributed by atoms with Gasteiger partial charge in [-0.3, -0.25) is 0 Å². The van der Waals surface area contributed by atoms with Gasteiger partial charge in [-0.15, -0.1) is 0 Å². The molecule has 0 aliphatic carbocycles. The molecule has 5 heteroatoms. The lowest BCUT2D eigenvalue weighted by Gasteiger charge is -2.22. The van der Waals surface area contributed by atoms with Gasteiger partial charge in [0.15, 0.2) is 0 Å². The molecule has 1 aromatic carbocycles. The van der Waals surface area contributed by atoms with Gasteiger partial charge in [-0.25, -0.2) is 4.98 Å². The minimum atomic E-state index is 0.0776. The van der Waals surface area contributed by atoms with Crippen LogP contribution in [0, 0.1) is 0 Å². The molecule has 0 saturated heterocycles. The van der Waals surface area contributed by atoms with Crippen LogP contribution >= 0.6 is 27.7 Å². The van der Waals surface area contributed by atoms with Gasteiger partial charge in [0.05, 0.1) is 17.4 Å². The Bertz CT molecular complexity index is 559. The van der Waals surface area contributed by atoms with Gasteiger partial charge in [0.1, 0.15) is 5.75 Å². The third-order valence-electron chi connectivity index (χ3n) is 3.25. The van der Waals surface area contributed by atoms with Crippen molar-refractivity contribution in [3.8, 4) is 5.75 Å². The average molecular weight is 367 g/mol. The molecule has 0 saturated carbocycles. The Kier molecular flexibility index (Phi) is 6.08. The van der Waals surface area contributed by atoms with E-state index in [2.05, 4.69) is 40.0 Å². The fraction of sp³-hybridized carbons (Fsp3) is 0.312. The number of nitrogens with zero attached hydrogens (tertiary/aromatic N) is 1. The molecular formula is C16H19BrN2OS. The van der Waals surface area contributed by atoms with Crippen molar-refractivity contribution in [2.75, 3.05) is 7.11 Å². The summed E-state index contributed by atoms with van der Waals surface area (Å²) in [5, 5.41) is 1.15. The predicted octanol–water partition coefficient (Wildman–Crippen LogP) is 4.42. The van der Waals surface area contributed by atoms with Crippen molar-refractivity contribution in [2.24, 2.45) is 5.73 Å². The summed E-state index contributed by atoms with van der Waals surface area (Å²) < 4.78 is 6.19. The van der Waals surface area contributed by atoms with Crippen LogP contribution in [-0.4, -0.2) is 18.1 Å². The molecule has 2 rings (SSSR count). The first kappa shape index (κ1) is 16.3. The highest BCUT2D eigenvalue weighted by molar-refractivity contribution is 9.10. The summed E-state index contributed by atoms with van der Waals surface area (Å²) >= 11 is 5.10. The fourth-order valence-corrected chi connectivity index (χ4v) is 3.39. The topological polar surface area (TPSA) is 48.1 Å². The second-order valence-corrected chi connectivity index (χ2v) is 6.78. The van der Waals surface area contributed by atoms with Gasteiger partial charge in [-0.2, -0.15) is 0 Å². The largest absolute Gasteiger partial charge is 0.497 e. The monoisotopic (exact) mass is 366 g/mol. The molecular weight excluding hydrogens is 348 g/mol. The number of ether oxygens (including phenoxy) is 1. The summed E-state index contributed by atoms with van der Waals surface area (Å²) in [6, 6.07) is 12.2. The van der Waals surface area contributed by atoms with Crippen molar-refractivity contribution in [1.29, 1.82) is 0 Å². The van der Waals surface area contributed by atoms with Crippen LogP contribution in [0.4, 0.5) is 0 Å². The summed E-state index contributed by atoms with van der Waals surface area (Å²) in [6.45, 7) is 2.11. The Balaban J connectivity index is 2.22. The first-order valence-electron chi connectivity index (χ1n) is 6.81. The minimum Gasteiger partial charge on any atom is -0.497 e. The predicted molar refractivity (Wildman–Crippen MR) is 91.8 cm³/mol. The van der Waals surface area contributed by atoms with Gasteiger partial charge < -0.3 is 10.5 Å². The van der Waals surface area contributed by atoms with Crippen LogP contribution in [-0.2, 0) is 0 Å². The molecule has 0 radical (unpaired) electrons. The van der Waals surface area contributed by atoms with Crippen LogP contribution in [0.25, 0.3) is 0 Å². The molecule has 0 fully saturated rings. The number of aromatic nitrogens is 1. The summed E-state index contributed by atoms with van der Waals surface area (Å²) in [7, 11) is 1.67. The lowest BCUT2D eigenvalue weighted by atomic mass is 10.0. The Morgan fingerprint density at radius 3 is 2.48 bits per heavy atom. The highest BCUT2D eigenvalue weighted by atomic mass is 79.9. The van der Waals surface area contributed by atoms with E-state index in [1.807, 2.05) is 30.5 Å². The van der Waals surface area contributed by atoms with Crippen molar-refractivity contribution in [2.45, 2.75) is 29.7 Å². The van der Waals surface area contributed by atoms with Crippen molar-refractivity contribution < 1.29 is 4.74 Å². The summed E-state index contributed by atoms with van der Waals surface area (Å²) in [5.41, 5.74) is 7.50. The molecule has 3 nitrogen and oxygen atoms in total. The molecule has 112 valence electrons. The third-order valence-corrected chi connectivity index (χ3v) is 5.08. The Hall–Kier alpha value is -1.04. The molecule has 0 aliphatic heterocycles. The van der Waals surface area contributed by atoms with Crippen molar-refractivity contribution in [3.05, 3.63) is 52.6 Å². The quantitative estimate of drug-likeness (QED) is 0.768. The molecule has 0 bridgehead atoms. The summed E-state index contributed by atoms with van der Waals surface area (Å²) in [4.78, 5) is 4.43. The van der Waals surface area contributed by atoms with E-state index in [0.29, 0.717) is 0 Å². The SMILES string of the molecule is CCC(N)C(Sc1ccc(Br)cn1)c1ccc(OC)cc1. The summed E-state index contributed by atoms with van der Waals surface area (Å²) in [6.07, 6.45) is 2.73. The number of hydrogen-bond acceptors (Lipinski definition) is 4. The van der Waals surface area contributed by atoms with Crippen LogP contribution in [0.3, 0.4) is 0 Å². The van der Waals surface area contributed by atoms with E-state index in [-0.39, 0.29) is 11.3 Å². The van der Waals surface area contributed by atoms with Crippen LogP contribution in [0.2, 0.25) is 0 Å². The van der Waals surface area contributed by atoms with E-state index >= 15 is 0 Å². The van der Waals surface area contributed by atoms with Gasteiger partial charge in [0.2, 0.25) is 0 Å². The maximum absolute atomic E-state index is 6.31. The zero-order chi connectivity index (χ0) is 15.2. The maximum atomic E-state index is 6.31. The molecule has 0 amide bonds. The maximum Gasteiger partial charge on any atom is 0.118 e. The Labute approximate surface area is 138 Å². The van der Waals surface area contributed by atoms with Gasteiger partial charge in [0.25, 0.3) is 0 Å². The number of pyridine rings is 1. The molecule has 1 heterocycles. The highest BCUT2D eigenvalue weighted by Gasteiger charge is 2.20. The van der Waals surface area contributed by atoms with E-state index in [9.17, 15) is 0 Å². The van der Waals surface area contributed by atoms with Gasteiger partial charge in [-0.05, 0) is 52.2 Å². The second kappa shape index (κ2) is 7.82. The van der Waals surface area contributed by atoms with Gasteiger partial charge in [0, 0.05) is 16.7 Å². The number of hydrogen-bond donors (Lipinski definition) is 1. The van der Waals surface area contributed by atoms with Crippen molar-refractivity contribution in [3.63, 3.8) is 0 Å². The van der Waals surface area contributed by atoms with Gasteiger partial charge >= 0.3 is 0 Å². The van der Waals surface area contributed by atoms with E-state index < -0.39 is 0 Å². The molecule has 21 heavy (non-hydrogen) atoms. The first-order chi connectivity index (χ1) is 10.1. The highest BCUT2D eigenvalue weighted by Crippen LogP contribution is 2.37. The molecule has 2 unspecified atom stereocenters. The fourth-order valence-electron chi connectivity index (χ4n) is 1.97. The average Bonchev–Trinajstić information content (AvgIpc) is 2.54. The number of halogens is 1. The third kappa shape index (κ3) is 4.46. The molecule has 2 aromatic rings. The van der Waals surface area contributed by atoms with Crippen LogP contribution in [0.15, 0.2) is 52.1 Å². The normalized spacial score (nSPS) is 13.7. The van der Waals surface area contributed by atoms with Crippen molar-refractivity contribution in [1.82, 2.24) is 4.98 Å². The smallest absolute Gasteiger partial charge is 0.118 e. The number of thioether (sulfide) groups is 1. The summed E-state index contributed by atoms with van der Waals surface area (Å²) in [5.74, 6) is 0.856. The number of nitrogens with two attached hydrogens (primary N) is 1. The second-order valence-electron chi connectivity index (χ2n) is 4.70. The van der Waals surface area contributed by atoms with Gasteiger partial charge in [-0.1, -0.05) is 30.8 Å². The number of rotatable bonds is 6. The Morgan fingerprint density at radius 1 is 1.24 bits per heavy atom. The lowest BCUT2D eigenvalue weighted by molar-refractivity contribution is 0.414.